The number of nitrogens with two attached hydrogens (primary N) is 1. The Hall–Kier alpha value is -3.02. The van der Waals surface area contributed by atoms with Gasteiger partial charge < -0.3 is 16.0 Å². The highest BCUT2D eigenvalue weighted by Gasteiger charge is 2.13. The number of benzene rings is 2. The molecular formula is C16H17N3O3. The van der Waals surface area contributed by atoms with E-state index in [9.17, 15) is 9.90 Å². The molecule has 0 heterocycles. The van der Waals surface area contributed by atoms with Crippen molar-refractivity contribution < 1.29 is 15.1 Å². The minimum absolute atomic E-state index is 0.00761. The third kappa shape index (κ3) is 3.99. The van der Waals surface area contributed by atoms with Crippen LogP contribution in [0, 0.1) is 0 Å². The average molecular weight is 299 g/mol. The zero-order chi connectivity index (χ0) is 15.9. The molecule has 0 fully saturated rings. The van der Waals surface area contributed by atoms with E-state index in [1.54, 1.807) is 24.3 Å². The van der Waals surface area contributed by atoms with E-state index in [-0.39, 0.29) is 12.4 Å². The first-order valence-corrected chi connectivity index (χ1v) is 6.69. The van der Waals surface area contributed by atoms with Crippen molar-refractivity contribution in [3.63, 3.8) is 0 Å². The normalized spacial score (nSPS) is 11.2. The number of nitrogens with zero attached hydrogens (tertiary/aromatic N) is 2. The van der Waals surface area contributed by atoms with Crippen molar-refractivity contribution in [3.8, 4) is 0 Å². The number of amidine groups is 1. The van der Waals surface area contributed by atoms with E-state index in [4.69, 9.17) is 10.9 Å². The summed E-state index contributed by atoms with van der Waals surface area (Å²) in [5.41, 5.74) is 7.77. The maximum atomic E-state index is 11.4. The molecule has 0 unspecified atom stereocenters. The first-order valence-electron chi connectivity index (χ1n) is 6.69. The van der Waals surface area contributed by atoms with Crippen molar-refractivity contribution in [2.45, 2.75) is 13.1 Å². The van der Waals surface area contributed by atoms with Gasteiger partial charge in [-0.15, -0.1) is 0 Å². The van der Waals surface area contributed by atoms with Gasteiger partial charge in [0.25, 0.3) is 0 Å². The number of hydrogen-bond acceptors (Lipinski definition) is 3. The van der Waals surface area contributed by atoms with Crippen LogP contribution in [0.1, 0.15) is 16.7 Å². The Kier molecular flexibility index (Phi) is 4.98. The van der Waals surface area contributed by atoms with Gasteiger partial charge in [0.1, 0.15) is 0 Å². The summed E-state index contributed by atoms with van der Waals surface area (Å²) in [6.07, 6.45) is -1.00. The first-order chi connectivity index (χ1) is 10.6. The Morgan fingerprint density at radius 1 is 1.05 bits per heavy atom. The number of carbonyl (C=O) groups is 1. The second-order valence-corrected chi connectivity index (χ2v) is 4.81. The molecule has 2 aromatic carbocycles. The van der Waals surface area contributed by atoms with Gasteiger partial charge in [0.2, 0.25) is 0 Å². The summed E-state index contributed by atoms with van der Waals surface area (Å²) < 4.78 is 0. The predicted molar refractivity (Wildman–Crippen MR) is 82.7 cm³/mol. The van der Waals surface area contributed by atoms with Crippen molar-refractivity contribution >= 4 is 11.9 Å². The molecule has 0 atom stereocenters. The fraction of sp³-hybridized carbons (Fsp3) is 0.125. The summed E-state index contributed by atoms with van der Waals surface area (Å²) in [4.78, 5) is 12.7. The van der Waals surface area contributed by atoms with Crippen LogP contribution >= 0.6 is 0 Å². The third-order valence-electron chi connectivity index (χ3n) is 3.19. The van der Waals surface area contributed by atoms with Crippen LogP contribution in [-0.2, 0) is 13.1 Å². The third-order valence-corrected chi connectivity index (χ3v) is 3.19. The lowest BCUT2D eigenvalue weighted by molar-refractivity contribution is 0.139. The number of hydrogen-bond donors (Lipinski definition) is 3. The maximum absolute atomic E-state index is 11.4. The second-order valence-electron chi connectivity index (χ2n) is 4.81. The molecule has 0 aromatic heterocycles. The van der Waals surface area contributed by atoms with Crippen molar-refractivity contribution in [3.05, 3.63) is 71.3 Å². The van der Waals surface area contributed by atoms with Crippen molar-refractivity contribution in [1.82, 2.24) is 4.90 Å². The average Bonchev–Trinajstić information content (AvgIpc) is 2.54. The molecule has 114 valence electrons. The predicted octanol–water partition coefficient (Wildman–Crippen LogP) is 2.46. The quantitative estimate of drug-likeness (QED) is 0.342. The fourth-order valence-corrected chi connectivity index (χ4v) is 2.10. The molecule has 6 heteroatoms. The lowest BCUT2D eigenvalue weighted by Crippen LogP contribution is -2.28. The summed E-state index contributed by atoms with van der Waals surface area (Å²) in [6, 6.07) is 16.3. The van der Waals surface area contributed by atoms with Gasteiger partial charge in [-0.3, -0.25) is 4.90 Å². The molecule has 0 radical (unpaired) electrons. The monoisotopic (exact) mass is 299 g/mol. The Labute approximate surface area is 128 Å². The first kappa shape index (κ1) is 15.4. The lowest BCUT2D eigenvalue weighted by Gasteiger charge is -2.19. The Morgan fingerprint density at radius 2 is 1.68 bits per heavy atom. The van der Waals surface area contributed by atoms with Crippen LogP contribution in [0.25, 0.3) is 0 Å². The smallest absolute Gasteiger partial charge is 0.407 e. The molecule has 2 aromatic rings. The highest BCUT2D eigenvalue weighted by molar-refractivity contribution is 5.97. The van der Waals surface area contributed by atoms with Crippen LogP contribution in [0.3, 0.4) is 0 Å². The van der Waals surface area contributed by atoms with Crippen molar-refractivity contribution in [2.24, 2.45) is 10.9 Å². The highest BCUT2D eigenvalue weighted by atomic mass is 16.4. The van der Waals surface area contributed by atoms with Gasteiger partial charge in [0, 0.05) is 18.7 Å². The minimum Gasteiger partial charge on any atom is -0.465 e. The van der Waals surface area contributed by atoms with Gasteiger partial charge in [0.15, 0.2) is 5.84 Å². The van der Waals surface area contributed by atoms with Crippen LogP contribution in [0.2, 0.25) is 0 Å². The molecule has 0 aliphatic heterocycles. The van der Waals surface area contributed by atoms with Crippen LogP contribution in [0.15, 0.2) is 59.8 Å². The van der Waals surface area contributed by atoms with Crippen LogP contribution < -0.4 is 5.73 Å². The SMILES string of the molecule is NC(=NO)c1cccc(CN(Cc2ccccc2)C(=O)O)c1. The van der Waals surface area contributed by atoms with Gasteiger partial charge in [0.05, 0.1) is 0 Å². The van der Waals surface area contributed by atoms with Crippen LogP contribution in [0.5, 0.6) is 0 Å². The van der Waals surface area contributed by atoms with Gasteiger partial charge >= 0.3 is 6.09 Å². The Bertz CT molecular complexity index is 671. The maximum Gasteiger partial charge on any atom is 0.407 e. The number of oxime groups is 1. The molecule has 0 bridgehead atoms. The Morgan fingerprint density at radius 3 is 2.32 bits per heavy atom. The lowest BCUT2D eigenvalue weighted by atomic mass is 10.1. The van der Waals surface area contributed by atoms with Crippen LogP contribution in [0.4, 0.5) is 4.79 Å². The summed E-state index contributed by atoms with van der Waals surface area (Å²) in [5.74, 6) is -0.00761. The van der Waals surface area contributed by atoms with E-state index in [0.29, 0.717) is 12.1 Å². The number of carboxylic acid groups (broad SMARTS) is 1. The molecular weight excluding hydrogens is 282 g/mol. The molecule has 0 aliphatic carbocycles. The van der Waals surface area contributed by atoms with Gasteiger partial charge in [-0.2, -0.15) is 0 Å². The molecule has 0 saturated heterocycles. The van der Waals surface area contributed by atoms with E-state index in [1.165, 1.54) is 4.90 Å². The van der Waals surface area contributed by atoms with Gasteiger partial charge in [-0.1, -0.05) is 53.7 Å². The topological polar surface area (TPSA) is 99.2 Å². The fourth-order valence-electron chi connectivity index (χ4n) is 2.10. The van der Waals surface area contributed by atoms with Gasteiger partial charge in [-0.25, -0.2) is 4.79 Å². The summed E-state index contributed by atoms with van der Waals surface area (Å²) >= 11 is 0. The zero-order valence-electron chi connectivity index (χ0n) is 11.9. The van der Waals surface area contributed by atoms with E-state index < -0.39 is 6.09 Å². The van der Waals surface area contributed by atoms with Crippen molar-refractivity contribution in [2.75, 3.05) is 0 Å². The van der Waals surface area contributed by atoms with E-state index in [2.05, 4.69) is 5.16 Å². The second kappa shape index (κ2) is 7.12. The van der Waals surface area contributed by atoms with E-state index in [1.807, 2.05) is 30.3 Å². The largest absolute Gasteiger partial charge is 0.465 e. The molecule has 0 spiro atoms. The number of amides is 1. The molecule has 4 N–H and O–H groups in total. The van der Waals surface area contributed by atoms with E-state index >= 15 is 0 Å². The molecule has 2 rings (SSSR count). The molecule has 0 aliphatic rings. The molecule has 1 amide bonds. The summed E-state index contributed by atoms with van der Waals surface area (Å²) in [7, 11) is 0. The van der Waals surface area contributed by atoms with E-state index in [0.717, 1.165) is 11.1 Å². The standard InChI is InChI=1S/C16H17N3O3/c17-15(18-22)14-8-4-7-13(9-14)11-19(16(20)21)10-12-5-2-1-3-6-12/h1-9,22H,10-11H2,(H2,17,18)(H,20,21). The Balaban J connectivity index is 2.16. The zero-order valence-corrected chi connectivity index (χ0v) is 11.9. The number of rotatable bonds is 5. The highest BCUT2D eigenvalue weighted by Crippen LogP contribution is 2.12. The minimum atomic E-state index is -1.00. The molecule has 6 nitrogen and oxygen atoms in total. The molecule has 0 saturated carbocycles. The summed E-state index contributed by atoms with van der Waals surface area (Å²) in [5, 5.41) is 21.0. The van der Waals surface area contributed by atoms with Crippen LogP contribution in [-0.4, -0.2) is 27.1 Å². The van der Waals surface area contributed by atoms with Gasteiger partial charge in [-0.05, 0) is 17.2 Å². The summed E-state index contributed by atoms with van der Waals surface area (Å²) in [6.45, 7) is 0.515. The van der Waals surface area contributed by atoms with Crippen molar-refractivity contribution in [1.29, 1.82) is 0 Å². The molecule has 22 heavy (non-hydrogen) atoms.